The Labute approximate surface area is 119 Å². The topological polar surface area (TPSA) is 58.4 Å². The quantitative estimate of drug-likeness (QED) is 0.901. The van der Waals surface area contributed by atoms with Gasteiger partial charge in [0.25, 0.3) is 5.91 Å². The second kappa shape index (κ2) is 7.61. The lowest BCUT2D eigenvalue weighted by Gasteiger charge is -2.32. The van der Waals surface area contributed by atoms with Crippen LogP contribution in [0, 0.1) is 6.92 Å². The zero-order chi connectivity index (χ0) is 11.5. The molecule has 0 aromatic carbocycles. The zero-order valence-corrected chi connectivity index (χ0v) is 12.1. The van der Waals surface area contributed by atoms with E-state index in [2.05, 4.69) is 10.3 Å². The molecule has 1 unspecified atom stereocenters. The van der Waals surface area contributed by atoms with Crippen molar-refractivity contribution in [1.29, 1.82) is 0 Å². The second-order valence-electron chi connectivity index (χ2n) is 4.15. The lowest BCUT2D eigenvalue weighted by molar-refractivity contribution is 0.0665. The SMILES string of the molecule is CNC1CCCN(C(=O)c2ocnc2C)C1.Cl.Cl. The Morgan fingerprint density at radius 3 is 2.83 bits per heavy atom. The van der Waals surface area contributed by atoms with Gasteiger partial charge in [-0.15, -0.1) is 24.8 Å². The van der Waals surface area contributed by atoms with E-state index in [0.29, 0.717) is 17.5 Å². The maximum absolute atomic E-state index is 12.1. The molecule has 2 rings (SSSR count). The number of hydrogen-bond donors (Lipinski definition) is 1. The number of likely N-dealkylation sites (N-methyl/N-ethyl adjacent to an activating group) is 1. The molecule has 0 saturated carbocycles. The molecule has 1 aliphatic rings. The Morgan fingerprint density at radius 2 is 2.28 bits per heavy atom. The summed E-state index contributed by atoms with van der Waals surface area (Å²) in [6, 6.07) is 0.390. The number of rotatable bonds is 2. The van der Waals surface area contributed by atoms with Crippen molar-refractivity contribution in [3.63, 3.8) is 0 Å². The number of nitrogens with zero attached hydrogens (tertiary/aromatic N) is 2. The van der Waals surface area contributed by atoms with Crippen LogP contribution in [-0.2, 0) is 0 Å². The van der Waals surface area contributed by atoms with Crippen LogP contribution in [0.4, 0.5) is 0 Å². The normalized spacial score (nSPS) is 18.8. The highest BCUT2D eigenvalue weighted by atomic mass is 35.5. The van der Waals surface area contributed by atoms with Crippen molar-refractivity contribution in [2.24, 2.45) is 0 Å². The average Bonchev–Trinajstić information content (AvgIpc) is 2.74. The van der Waals surface area contributed by atoms with E-state index >= 15 is 0 Å². The molecule has 0 aliphatic carbocycles. The van der Waals surface area contributed by atoms with E-state index in [4.69, 9.17) is 4.42 Å². The van der Waals surface area contributed by atoms with Gasteiger partial charge in [-0.25, -0.2) is 4.98 Å². The van der Waals surface area contributed by atoms with Crippen LogP contribution >= 0.6 is 24.8 Å². The molecular formula is C11H19Cl2N3O2. The highest BCUT2D eigenvalue weighted by Gasteiger charge is 2.26. The van der Waals surface area contributed by atoms with E-state index < -0.39 is 0 Å². The number of piperidine rings is 1. The van der Waals surface area contributed by atoms with Gasteiger partial charge in [0, 0.05) is 19.1 Å². The van der Waals surface area contributed by atoms with Crippen molar-refractivity contribution in [3.05, 3.63) is 17.8 Å². The van der Waals surface area contributed by atoms with E-state index in [9.17, 15) is 4.79 Å². The van der Waals surface area contributed by atoms with Crippen molar-refractivity contribution in [1.82, 2.24) is 15.2 Å². The third kappa shape index (κ3) is 3.60. The van der Waals surface area contributed by atoms with Crippen LogP contribution in [0.5, 0.6) is 0 Å². The first kappa shape index (κ1) is 17.2. The van der Waals surface area contributed by atoms with Gasteiger partial charge < -0.3 is 14.6 Å². The highest BCUT2D eigenvalue weighted by Crippen LogP contribution is 2.15. The summed E-state index contributed by atoms with van der Waals surface area (Å²) in [6.07, 6.45) is 3.47. The number of oxazole rings is 1. The molecule has 1 aromatic rings. The van der Waals surface area contributed by atoms with E-state index in [0.717, 1.165) is 25.9 Å². The summed E-state index contributed by atoms with van der Waals surface area (Å²) in [7, 11) is 1.93. The smallest absolute Gasteiger partial charge is 0.291 e. The zero-order valence-electron chi connectivity index (χ0n) is 10.5. The number of nitrogens with one attached hydrogen (secondary N) is 1. The van der Waals surface area contributed by atoms with Crippen LogP contribution in [0.1, 0.15) is 29.1 Å². The molecule has 104 valence electrons. The Morgan fingerprint density at radius 1 is 1.56 bits per heavy atom. The van der Waals surface area contributed by atoms with Gasteiger partial charge in [-0.05, 0) is 26.8 Å². The molecular weight excluding hydrogens is 277 g/mol. The molecule has 1 saturated heterocycles. The number of likely N-dealkylation sites (tertiary alicyclic amines) is 1. The summed E-state index contributed by atoms with van der Waals surface area (Å²) in [5.74, 6) is 0.326. The van der Waals surface area contributed by atoms with Crippen LogP contribution in [0.2, 0.25) is 0 Å². The van der Waals surface area contributed by atoms with Gasteiger partial charge in [0.1, 0.15) is 0 Å². The minimum absolute atomic E-state index is 0. The number of aromatic nitrogens is 1. The fourth-order valence-electron chi connectivity index (χ4n) is 2.05. The van der Waals surface area contributed by atoms with Crippen molar-refractivity contribution in [2.45, 2.75) is 25.8 Å². The van der Waals surface area contributed by atoms with Crippen LogP contribution in [0.25, 0.3) is 0 Å². The molecule has 1 aromatic heterocycles. The van der Waals surface area contributed by atoms with Gasteiger partial charge in [-0.3, -0.25) is 4.79 Å². The van der Waals surface area contributed by atoms with Gasteiger partial charge in [0.2, 0.25) is 5.76 Å². The molecule has 2 heterocycles. The van der Waals surface area contributed by atoms with Crippen molar-refractivity contribution in [3.8, 4) is 0 Å². The molecule has 1 atom stereocenters. The van der Waals surface area contributed by atoms with Gasteiger partial charge in [0.15, 0.2) is 6.39 Å². The fraction of sp³-hybridized carbons (Fsp3) is 0.636. The Balaban J connectivity index is 0.00000144. The van der Waals surface area contributed by atoms with Crippen LogP contribution in [-0.4, -0.2) is 42.0 Å². The molecule has 0 radical (unpaired) electrons. The fourth-order valence-corrected chi connectivity index (χ4v) is 2.05. The molecule has 1 amide bonds. The minimum Gasteiger partial charge on any atom is -0.438 e. The molecule has 18 heavy (non-hydrogen) atoms. The van der Waals surface area contributed by atoms with Gasteiger partial charge in [-0.1, -0.05) is 0 Å². The molecule has 1 aliphatic heterocycles. The predicted molar refractivity (Wildman–Crippen MR) is 73.7 cm³/mol. The number of amides is 1. The van der Waals surface area contributed by atoms with Gasteiger partial charge >= 0.3 is 0 Å². The lowest BCUT2D eigenvalue weighted by Crippen LogP contribution is -2.47. The Kier molecular flexibility index (Phi) is 7.28. The number of hydrogen-bond acceptors (Lipinski definition) is 4. The monoisotopic (exact) mass is 295 g/mol. The number of carbonyl (C=O) groups excluding carboxylic acids is 1. The highest BCUT2D eigenvalue weighted by molar-refractivity contribution is 5.92. The van der Waals surface area contributed by atoms with E-state index in [1.165, 1.54) is 6.39 Å². The summed E-state index contributed by atoms with van der Waals surface area (Å²) in [5.41, 5.74) is 0.664. The summed E-state index contributed by atoms with van der Waals surface area (Å²) in [5, 5.41) is 3.21. The number of aryl methyl sites for hydroxylation is 1. The van der Waals surface area contributed by atoms with Crippen LogP contribution < -0.4 is 5.32 Å². The first-order valence-electron chi connectivity index (χ1n) is 5.59. The maximum Gasteiger partial charge on any atom is 0.291 e. The summed E-state index contributed by atoms with van der Waals surface area (Å²) in [4.78, 5) is 17.9. The van der Waals surface area contributed by atoms with Gasteiger partial charge in [0.05, 0.1) is 5.69 Å². The van der Waals surface area contributed by atoms with Crippen LogP contribution in [0.3, 0.4) is 0 Å². The van der Waals surface area contributed by atoms with Crippen molar-refractivity contribution in [2.75, 3.05) is 20.1 Å². The third-order valence-corrected chi connectivity index (χ3v) is 3.06. The van der Waals surface area contributed by atoms with E-state index in [-0.39, 0.29) is 30.7 Å². The molecule has 1 N–H and O–H groups in total. The number of halogens is 2. The first-order valence-corrected chi connectivity index (χ1v) is 5.59. The molecule has 7 heteroatoms. The number of carbonyl (C=O) groups is 1. The molecule has 0 spiro atoms. The van der Waals surface area contributed by atoms with E-state index in [1.54, 1.807) is 6.92 Å². The Hall–Kier alpha value is -0.780. The molecule has 1 fully saturated rings. The predicted octanol–water partition coefficient (Wildman–Crippen LogP) is 1.65. The maximum atomic E-state index is 12.1. The van der Waals surface area contributed by atoms with Crippen LogP contribution in [0.15, 0.2) is 10.8 Å². The first-order chi connectivity index (χ1) is 7.72. The average molecular weight is 296 g/mol. The van der Waals surface area contributed by atoms with Gasteiger partial charge in [-0.2, -0.15) is 0 Å². The minimum atomic E-state index is -0.0463. The van der Waals surface area contributed by atoms with Crippen molar-refractivity contribution < 1.29 is 9.21 Å². The standard InChI is InChI=1S/C11H17N3O2.2ClH/c1-8-10(16-7-13-8)11(15)14-5-3-4-9(6-14)12-2;;/h7,9,12H,3-6H2,1-2H3;2*1H. The van der Waals surface area contributed by atoms with E-state index in [1.807, 2.05) is 11.9 Å². The molecule has 0 bridgehead atoms. The largest absolute Gasteiger partial charge is 0.438 e. The summed E-state index contributed by atoms with van der Waals surface area (Å²) < 4.78 is 5.13. The third-order valence-electron chi connectivity index (χ3n) is 3.06. The summed E-state index contributed by atoms with van der Waals surface area (Å²) >= 11 is 0. The van der Waals surface area contributed by atoms with Crippen molar-refractivity contribution >= 4 is 30.7 Å². The Bertz CT molecular complexity index is 384. The second-order valence-corrected chi connectivity index (χ2v) is 4.15. The lowest BCUT2D eigenvalue weighted by atomic mass is 10.1. The molecule has 5 nitrogen and oxygen atoms in total. The summed E-state index contributed by atoms with van der Waals surface area (Å²) in [6.45, 7) is 3.34.